The molecule has 0 bridgehead atoms. The molecular formula is C21H22N4O3S. The number of aromatic nitrogens is 2. The largest absolute Gasteiger partial charge is 0.355 e. The van der Waals surface area contributed by atoms with Crippen molar-refractivity contribution in [3.8, 4) is 0 Å². The number of unbranched alkanes of at least 4 members (excludes halogenated alkanes) is 1. The average molecular weight is 410 g/mol. The van der Waals surface area contributed by atoms with Crippen molar-refractivity contribution < 1.29 is 9.72 Å². The first-order valence-corrected chi connectivity index (χ1v) is 10.4. The van der Waals surface area contributed by atoms with Crippen LogP contribution in [-0.4, -0.2) is 33.1 Å². The van der Waals surface area contributed by atoms with Crippen LogP contribution in [0.4, 0.5) is 5.69 Å². The summed E-state index contributed by atoms with van der Waals surface area (Å²) < 4.78 is 0. The van der Waals surface area contributed by atoms with Crippen LogP contribution in [0.2, 0.25) is 0 Å². The van der Waals surface area contributed by atoms with Crippen molar-refractivity contribution in [2.45, 2.75) is 31.2 Å². The number of non-ortho nitro benzene ring substituents is 1. The van der Waals surface area contributed by atoms with Crippen molar-refractivity contribution in [2.75, 3.05) is 12.3 Å². The lowest BCUT2D eigenvalue weighted by Gasteiger charge is -2.10. The summed E-state index contributed by atoms with van der Waals surface area (Å²) in [6, 6.07) is 14.0. The van der Waals surface area contributed by atoms with Crippen LogP contribution in [0.5, 0.6) is 0 Å². The lowest BCUT2D eigenvalue weighted by atomic mass is 10.1. The van der Waals surface area contributed by atoms with Gasteiger partial charge >= 0.3 is 0 Å². The predicted octanol–water partition coefficient (Wildman–Crippen LogP) is 4.14. The summed E-state index contributed by atoms with van der Waals surface area (Å²) in [6.07, 6.45) is 2.38. The van der Waals surface area contributed by atoms with Crippen LogP contribution in [0.25, 0.3) is 11.0 Å². The Balaban J connectivity index is 1.84. The van der Waals surface area contributed by atoms with E-state index in [1.165, 1.54) is 17.8 Å². The minimum Gasteiger partial charge on any atom is -0.355 e. The van der Waals surface area contributed by atoms with Crippen molar-refractivity contribution in [2.24, 2.45) is 0 Å². The molecule has 1 aromatic heterocycles. The Bertz CT molecular complexity index is 1030. The molecule has 29 heavy (non-hydrogen) atoms. The third kappa shape index (κ3) is 5.74. The van der Waals surface area contributed by atoms with E-state index in [2.05, 4.69) is 17.2 Å². The summed E-state index contributed by atoms with van der Waals surface area (Å²) in [6.45, 7) is 2.74. The Kier molecular flexibility index (Phi) is 7.13. The summed E-state index contributed by atoms with van der Waals surface area (Å²) in [4.78, 5) is 32.1. The summed E-state index contributed by atoms with van der Waals surface area (Å²) >= 11 is 1.34. The van der Waals surface area contributed by atoms with Crippen LogP contribution in [0.1, 0.15) is 31.0 Å². The number of nitro groups is 1. The van der Waals surface area contributed by atoms with E-state index in [0.29, 0.717) is 23.7 Å². The number of amides is 1. The number of nitro benzene ring substituents is 1. The zero-order valence-corrected chi connectivity index (χ0v) is 16.9. The van der Waals surface area contributed by atoms with Gasteiger partial charge in [0.1, 0.15) is 5.03 Å². The van der Waals surface area contributed by atoms with E-state index in [1.54, 1.807) is 12.1 Å². The second-order valence-electron chi connectivity index (χ2n) is 6.56. The molecule has 3 aromatic rings. The number of hydrogen-bond donors (Lipinski definition) is 1. The van der Waals surface area contributed by atoms with Gasteiger partial charge in [-0.15, -0.1) is 0 Å². The van der Waals surface area contributed by atoms with E-state index in [1.807, 2.05) is 30.3 Å². The van der Waals surface area contributed by atoms with Crippen molar-refractivity contribution in [3.05, 3.63) is 69.9 Å². The quantitative estimate of drug-likeness (QED) is 0.246. The van der Waals surface area contributed by atoms with E-state index in [-0.39, 0.29) is 17.3 Å². The van der Waals surface area contributed by atoms with Gasteiger partial charge in [-0.25, -0.2) is 9.97 Å². The minimum absolute atomic E-state index is 0.0419. The van der Waals surface area contributed by atoms with Crippen LogP contribution in [0, 0.1) is 10.1 Å². The molecule has 3 rings (SSSR count). The fourth-order valence-corrected chi connectivity index (χ4v) is 3.63. The molecule has 8 heteroatoms. The standard InChI is InChI=1S/C21H22N4O3S/c1-2-3-11-22-20(26)14-29-21-19(23-17-9-4-5-10-18(17)24-21)13-15-7-6-8-16(12-15)25(27)28/h4-10,12H,2-3,11,13-14H2,1H3,(H,22,26). The number of fused-ring (bicyclic) bond motifs is 1. The maximum absolute atomic E-state index is 12.1. The molecule has 0 radical (unpaired) electrons. The molecule has 0 aliphatic heterocycles. The lowest BCUT2D eigenvalue weighted by Crippen LogP contribution is -2.26. The number of hydrogen-bond acceptors (Lipinski definition) is 6. The van der Waals surface area contributed by atoms with Gasteiger partial charge < -0.3 is 5.32 Å². The van der Waals surface area contributed by atoms with Crippen molar-refractivity contribution in [3.63, 3.8) is 0 Å². The summed E-state index contributed by atoms with van der Waals surface area (Å²) in [5, 5.41) is 14.6. The molecule has 0 saturated carbocycles. The Morgan fingerprint density at radius 2 is 1.90 bits per heavy atom. The van der Waals surface area contributed by atoms with Crippen LogP contribution >= 0.6 is 11.8 Å². The molecule has 0 saturated heterocycles. The van der Waals surface area contributed by atoms with E-state index < -0.39 is 4.92 Å². The molecular weight excluding hydrogens is 388 g/mol. The lowest BCUT2D eigenvalue weighted by molar-refractivity contribution is -0.384. The van der Waals surface area contributed by atoms with E-state index in [4.69, 9.17) is 4.98 Å². The highest BCUT2D eigenvalue weighted by molar-refractivity contribution is 7.99. The minimum atomic E-state index is -0.411. The fourth-order valence-electron chi connectivity index (χ4n) is 2.81. The van der Waals surface area contributed by atoms with Gasteiger partial charge in [0.05, 0.1) is 27.4 Å². The third-order valence-corrected chi connectivity index (χ3v) is 5.30. The third-order valence-electron chi connectivity index (χ3n) is 4.29. The topological polar surface area (TPSA) is 98.0 Å². The van der Waals surface area contributed by atoms with E-state index in [0.717, 1.165) is 29.4 Å². The molecule has 0 unspecified atom stereocenters. The molecule has 0 aliphatic rings. The first-order chi connectivity index (χ1) is 14.1. The van der Waals surface area contributed by atoms with Crippen LogP contribution in [0.3, 0.4) is 0 Å². The number of rotatable bonds is 9. The number of nitrogens with zero attached hydrogens (tertiary/aromatic N) is 3. The zero-order valence-electron chi connectivity index (χ0n) is 16.1. The summed E-state index contributed by atoms with van der Waals surface area (Å²) in [5.74, 6) is 0.207. The first kappa shape index (κ1) is 20.7. The zero-order chi connectivity index (χ0) is 20.6. The summed E-state index contributed by atoms with van der Waals surface area (Å²) in [7, 11) is 0. The number of nitrogens with one attached hydrogen (secondary N) is 1. The molecule has 0 atom stereocenters. The van der Waals surface area contributed by atoms with Gasteiger partial charge in [0.2, 0.25) is 5.91 Å². The van der Waals surface area contributed by atoms with Gasteiger partial charge in [-0.2, -0.15) is 0 Å². The maximum atomic E-state index is 12.1. The highest BCUT2D eigenvalue weighted by atomic mass is 32.2. The van der Waals surface area contributed by atoms with Crippen LogP contribution in [-0.2, 0) is 11.2 Å². The average Bonchev–Trinajstić information content (AvgIpc) is 2.72. The molecule has 0 spiro atoms. The number of para-hydroxylation sites is 2. The fraction of sp³-hybridized carbons (Fsp3) is 0.286. The first-order valence-electron chi connectivity index (χ1n) is 9.45. The van der Waals surface area contributed by atoms with Crippen molar-refractivity contribution in [1.29, 1.82) is 0 Å². The highest BCUT2D eigenvalue weighted by Gasteiger charge is 2.14. The normalized spacial score (nSPS) is 10.8. The van der Waals surface area contributed by atoms with Gasteiger partial charge in [-0.1, -0.05) is 49.4 Å². The molecule has 1 N–H and O–H groups in total. The molecule has 1 amide bonds. The Morgan fingerprint density at radius 3 is 2.62 bits per heavy atom. The second-order valence-corrected chi connectivity index (χ2v) is 7.52. The molecule has 2 aromatic carbocycles. The molecule has 1 heterocycles. The number of carbonyl (C=O) groups excluding carboxylic acids is 1. The second kappa shape index (κ2) is 9.97. The monoisotopic (exact) mass is 410 g/mol. The van der Waals surface area contributed by atoms with Crippen molar-refractivity contribution in [1.82, 2.24) is 15.3 Å². The molecule has 150 valence electrons. The maximum Gasteiger partial charge on any atom is 0.269 e. The molecule has 7 nitrogen and oxygen atoms in total. The van der Waals surface area contributed by atoms with Crippen molar-refractivity contribution >= 4 is 34.4 Å². The number of thioether (sulfide) groups is 1. The predicted molar refractivity (Wildman–Crippen MR) is 114 cm³/mol. The Hall–Kier alpha value is -3.00. The van der Waals surface area contributed by atoms with Gasteiger partial charge in [-0.3, -0.25) is 14.9 Å². The summed E-state index contributed by atoms with van der Waals surface area (Å²) in [5.41, 5.74) is 3.03. The van der Waals surface area contributed by atoms with Crippen LogP contribution in [0.15, 0.2) is 53.6 Å². The Labute approximate surface area is 173 Å². The van der Waals surface area contributed by atoms with Gasteiger partial charge in [0, 0.05) is 25.1 Å². The number of benzene rings is 2. The van der Waals surface area contributed by atoms with E-state index in [9.17, 15) is 14.9 Å². The number of carbonyl (C=O) groups is 1. The SMILES string of the molecule is CCCCNC(=O)CSc1nc2ccccc2nc1Cc1cccc([N+](=O)[O-])c1. The highest BCUT2D eigenvalue weighted by Crippen LogP contribution is 2.25. The van der Waals surface area contributed by atoms with Gasteiger partial charge in [0.15, 0.2) is 0 Å². The van der Waals surface area contributed by atoms with E-state index >= 15 is 0 Å². The smallest absolute Gasteiger partial charge is 0.269 e. The molecule has 0 aliphatic carbocycles. The van der Waals surface area contributed by atoms with Gasteiger partial charge in [-0.05, 0) is 24.1 Å². The Morgan fingerprint density at radius 1 is 1.14 bits per heavy atom. The van der Waals surface area contributed by atoms with Gasteiger partial charge in [0.25, 0.3) is 5.69 Å². The molecule has 0 fully saturated rings. The van der Waals surface area contributed by atoms with Crippen LogP contribution < -0.4 is 5.32 Å².